The molecule has 1 aromatic carbocycles. The van der Waals surface area contributed by atoms with E-state index >= 15 is 0 Å². The maximum Gasteiger partial charge on any atom is 0.251 e. The lowest BCUT2D eigenvalue weighted by Crippen LogP contribution is -2.25. The zero-order chi connectivity index (χ0) is 10.6. The van der Waals surface area contributed by atoms with Crippen molar-refractivity contribution in [1.29, 1.82) is 0 Å². The normalized spacial score (nSPS) is 9.93. The molecule has 0 spiro atoms. The summed E-state index contributed by atoms with van der Waals surface area (Å²) in [5, 5.41) is 2.70. The van der Waals surface area contributed by atoms with Crippen molar-refractivity contribution in [2.24, 2.45) is 0 Å². The van der Waals surface area contributed by atoms with E-state index in [0.29, 0.717) is 18.0 Å². The Morgan fingerprint density at radius 1 is 1.57 bits per heavy atom. The fourth-order valence-corrected chi connectivity index (χ4v) is 1.47. The predicted octanol–water partition coefficient (Wildman–Crippen LogP) is 2.73. The standard InChI is InChI=1S/C10H11BrClNO/c1-7-2-3-8(6-9(7)11)10(14)13-5-4-12/h2-3,6H,4-5H2,1H3,(H,13,14). The molecule has 0 aromatic heterocycles. The van der Waals surface area contributed by atoms with Gasteiger partial charge in [-0.2, -0.15) is 0 Å². The van der Waals surface area contributed by atoms with Gasteiger partial charge in [0.2, 0.25) is 0 Å². The third kappa shape index (κ3) is 3.00. The summed E-state index contributed by atoms with van der Waals surface area (Å²) in [5.41, 5.74) is 1.76. The zero-order valence-electron chi connectivity index (χ0n) is 7.81. The molecule has 0 aliphatic heterocycles. The molecule has 0 bridgehead atoms. The quantitative estimate of drug-likeness (QED) is 0.845. The van der Waals surface area contributed by atoms with E-state index in [0.717, 1.165) is 10.0 Å². The Morgan fingerprint density at radius 2 is 2.29 bits per heavy atom. The van der Waals surface area contributed by atoms with E-state index in [4.69, 9.17) is 11.6 Å². The molecule has 4 heteroatoms. The third-order valence-corrected chi connectivity index (χ3v) is 2.86. The van der Waals surface area contributed by atoms with Crippen molar-refractivity contribution in [3.63, 3.8) is 0 Å². The Labute approximate surface area is 96.8 Å². The first-order valence-electron chi connectivity index (χ1n) is 4.25. The van der Waals surface area contributed by atoms with Crippen LogP contribution in [0.15, 0.2) is 22.7 Å². The van der Waals surface area contributed by atoms with Crippen LogP contribution < -0.4 is 5.32 Å². The largest absolute Gasteiger partial charge is 0.351 e. The molecule has 0 saturated heterocycles. The number of hydrogen-bond acceptors (Lipinski definition) is 1. The van der Waals surface area contributed by atoms with E-state index in [2.05, 4.69) is 21.2 Å². The molecule has 0 aliphatic carbocycles. The highest BCUT2D eigenvalue weighted by Gasteiger charge is 2.05. The van der Waals surface area contributed by atoms with Crippen molar-refractivity contribution in [2.75, 3.05) is 12.4 Å². The first-order chi connectivity index (χ1) is 6.65. The molecular formula is C10H11BrClNO. The zero-order valence-corrected chi connectivity index (χ0v) is 10.2. The van der Waals surface area contributed by atoms with Gasteiger partial charge in [-0.25, -0.2) is 0 Å². The van der Waals surface area contributed by atoms with E-state index in [9.17, 15) is 4.79 Å². The Balaban J connectivity index is 2.76. The summed E-state index contributed by atoms with van der Waals surface area (Å²) in [6.07, 6.45) is 0. The molecule has 1 aromatic rings. The maximum absolute atomic E-state index is 11.5. The highest BCUT2D eigenvalue weighted by Crippen LogP contribution is 2.17. The summed E-state index contributed by atoms with van der Waals surface area (Å²) in [6.45, 7) is 2.47. The summed E-state index contributed by atoms with van der Waals surface area (Å²) in [5.74, 6) is 0.338. The average Bonchev–Trinajstić information content (AvgIpc) is 2.18. The van der Waals surface area contributed by atoms with Gasteiger partial charge in [0.15, 0.2) is 0 Å². The van der Waals surface area contributed by atoms with Crippen molar-refractivity contribution in [1.82, 2.24) is 5.32 Å². The molecule has 0 fully saturated rings. The smallest absolute Gasteiger partial charge is 0.251 e. The number of nitrogens with one attached hydrogen (secondary N) is 1. The molecular weight excluding hydrogens is 265 g/mol. The number of carbonyl (C=O) groups excluding carboxylic acids is 1. The van der Waals surface area contributed by atoms with Crippen molar-refractivity contribution in [3.8, 4) is 0 Å². The number of amides is 1. The highest BCUT2D eigenvalue weighted by atomic mass is 79.9. The van der Waals surface area contributed by atoms with E-state index in [1.807, 2.05) is 13.0 Å². The van der Waals surface area contributed by atoms with E-state index in [1.54, 1.807) is 12.1 Å². The van der Waals surface area contributed by atoms with Gasteiger partial charge in [0.1, 0.15) is 0 Å². The average molecular weight is 277 g/mol. The summed E-state index contributed by atoms with van der Waals surface area (Å²) >= 11 is 8.84. The summed E-state index contributed by atoms with van der Waals surface area (Å²) in [6, 6.07) is 5.50. The first kappa shape index (κ1) is 11.5. The molecule has 0 aliphatic rings. The van der Waals surface area contributed by atoms with Gasteiger partial charge < -0.3 is 5.32 Å². The molecule has 0 radical (unpaired) electrons. The third-order valence-electron chi connectivity index (χ3n) is 1.81. The van der Waals surface area contributed by atoms with E-state index < -0.39 is 0 Å². The molecule has 0 unspecified atom stereocenters. The molecule has 0 atom stereocenters. The SMILES string of the molecule is Cc1ccc(C(=O)NCCCl)cc1Br. The predicted molar refractivity (Wildman–Crippen MR) is 61.9 cm³/mol. The molecule has 1 N–H and O–H groups in total. The number of rotatable bonds is 3. The van der Waals surface area contributed by atoms with Gasteiger partial charge in [-0.1, -0.05) is 22.0 Å². The van der Waals surface area contributed by atoms with Gasteiger partial charge in [0, 0.05) is 22.5 Å². The number of hydrogen-bond donors (Lipinski definition) is 1. The van der Waals surface area contributed by atoms with Crippen LogP contribution in [0.5, 0.6) is 0 Å². The topological polar surface area (TPSA) is 29.1 Å². The number of aryl methyl sites for hydroxylation is 1. The van der Waals surface area contributed by atoms with Gasteiger partial charge in [-0.05, 0) is 24.6 Å². The summed E-state index contributed by atoms with van der Waals surface area (Å²) in [4.78, 5) is 11.5. The lowest BCUT2D eigenvalue weighted by Gasteiger charge is -2.04. The highest BCUT2D eigenvalue weighted by molar-refractivity contribution is 9.10. The van der Waals surface area contributed by atoms with E-state index in [1.165, 1.54) is 0 Å². The van der Waals surface area contributed by atoms with Crippen LogP contribution in [0.1, 0.15) is 15.9 Å². The lowest BCUT2D eigenvalue weighted by molar-refractivity contribution is 0.0956. The number of halogens is 2. The Kier molecular flexibility index (Phi) is 4.42. The molecule has 2 nitrogen and oxygen atoms in total. The van der Waals surface area contributed by atoms with Crippen LogP contribution in [0.3, 0.4) is 0 Å². The second-order valence-corrected chi connectivity index (χ2v) is 4.14. The van der Waals surface area contributed by atoms with Crippen LogP contribution >= 0.6 is 27.5 Å². The molecule has 76 valence electrons. The Morgan fingerprint density at radius 3 is 2.86 bits per heavy atom. The van der Waals surface area contributed by atoms with Crippen LogP contribution in [0, 0.1) is 6.92 Å². The van der Waals surface area contributed by atoms with Crippen molar-refractivity contribution in [3.05, 3.63) is 33.8 Å². The number of alkyl halides is 1. The van der Waals surface area contributed by atoms with Gasteiger partial charge in [0.25, 0.3) is 5.91 Å². The van der Waals surface area contributed by atoms with Crippen LogP contribution in [-0.4, -0.2) is 18.3 Å². The van der Waals surface area contributed by atoms with Crippen molar-refractivity contribution >= 4 is 33.4 Å². The fourth-order valence-electron chi connectivity index (χ4n) is 0.997. The second-order valence-electron chi connectivity index (χ2n) is 2.91. The minimum absolute atomic E-state index is 0.0913. The first-order valence-corrected chi connectivity index (χ1v) is 5.58. The minimum Gasteiger partial charge on any atom is -0.351 e. The summed E-state index contributed by atoms with van der Waals surface area (Å²) < 4.78 is 0.941. The molecule has 1 rings (SSSR count). The maximum atomic E-state index is 11.5. The number of carbonyl (C=O) groups is 1. The van der Waals surface area contributed by atoms with Gasteiger partial charge >= 0.3 is 0 Å². The lowest BCUT2D eigenvalue weighted by atomic mass is 10.1. The van der Waals surface area contributed by atoms with Crippen molar-refractivity contribution < 1.29 is 4.79 Å². The summed E-state index contributed by atoms with van der Waals surface area (Å²) in [7, 11) is 0. The fraction of sp³-hybridized carbons (Fsp3) is 0.300. The van der Waals surface area contributed by atoms with Crippen LogP contribution in [0.25, 0.3) is 0 Å². The van der Waals surface area contributed by atoms with Crippen molar-refractivity contribution in [2.45, 2.75) is 6.92 Å². The van der Waals surface area contributed by atoms with Crippen LogP contribution in [0.2, 0.25) is 0 Å². The number of benzene rings is 1. The minimum atomic E-state index is -0.0913. The molecule has 1 amide bonds. The van der Waals surface area contributed by atoms with E-state index in [-0.39, 0.29) is 5.91 Å². The van der Waals surface area contributed by atoms with Gasteiger partial charge in [0.05, 0.1) is 0 Å². The second kappa shape index (κ2) is 5.37. The monoisotopic (exact) mass is 275 g/mol. The van der Waals surface area contributed by atoms with Gasteiger partial charge in [-0.3, -0.25) is 4.79 Å². The molecule has 0 saturated carbocycles. The van der Waals surface area contributed by atoms with Crippen LogP contribution in [0.4, 0.5) is 0 Å². The van der Waals surface area contributed by atoms with Crippen LogP contribution in [-0.2, 0) is 0 Å². The molecule has 14 heavy (non-hydrogen) atoms. The Hall–Kier alpha value is -0.540. The Bertz CT molecular complexity index is 341. The molecule has 0 heterocycles. The van der Waals surface area contributed by atoms with Gasteiger partial charge in [-0.15, -0.1) is 11.6 Å².